The Morgan fingerprint density at radius 1 is 0.923 bits per heavy atom. The summed E-state index contributed by atoms with van der Waals surface area (Å²) in [5.74, 6) is -0.205. The van der Waals surface area contributed by atoms with Crippen LogP contribution in [0, 0.1) is 0 Å². The zero-order valence-corrected chi connectivity index (χ0v) is 21.2. The third-order valence-corrected chi connectivity index (χ3v) is 7.54. The Labute approximate surface area is 222 Å². The molecule has 4 aromatic rings. The van der Waals surface area contributed by atoms with E-state index in [4.69, 9.17) is 0 Å². The molecule has 0 fully saturated rings. The monoisotopic (exact) mass is 562 g/mol. The topological polar surface area (TPSA) is 42.3 Å². The van der Waals surface area contributed by atoms with Crippen molar-refractivity contribution in [2.45, 2.75) is 30.3 Å². The molecule has 0 saturated heterocycles. The molecule has 3 aromatic carbocycles. The molecule has 1 aromatic heterocycles. The van der Waals surface area contributed by atoms with Gasteiger partial charge in [0.15, 0.2) is 0 Å². The number of hydrogen-bond donors (Lipinski definition) is 0. The van der Waals surface area contributed by atoms with Crippen molar-refractivity contribution in [3.05, 3.63) is 99.3 Å². The minimum absolute atomic E-state index is 0.0366. The van der Waals surface area contributed by atoms with Crippen LogP contribution in [0.3, 0.4) is 0 Å². The maximum atomic E-state index is 13.8. The predicted molar refractivity (Wildman–Crippen MR) is 137 cm³/mol. The van der Waals surface area contributed by atoms with Crippen LogP contribution in [0.1, 0.15) is 27.0 Å². The van der Waals surface area contributed by atoms with E-state index in [1.165, 1.54) is 11.6 Å². The van der Waals surface area contributed by atoms with E-state index < -0.39 is 41.5 Å². The highest BCUT2D eigenvalue weighted by atomic mass is 32.2. The van der Waals surface area contributed by atoms with Gasteiger partial charge in [-0.25, -0.2) is 0 Å². The van der Waals surface area contributed by atoms with E-state index >= 15 is 0 Å². The summed E-state index contributed by atoms with van der Waals surface area (Å²) in [7, 11) is 1.25. The number of carbonyl (C=O) groups is 1. The van der Waals surface area contributed by atoms with E-state index in [0.717, 1.165) is 9.80 Å². The summed E-state index contributed by atoms with van der Waals surface area (Å²) in [5.41, 5.74) is -2.43. The summed E-state index contributed by atoms with van der Waals surface area (Å²) in [6.07, 6.45) is -10.0. The number of para-hydroxylation sites is 1. The number of benzene rings is 3. The highest BCUT2D eigenvalue weighted by Crippen LogP contribution is 2.39. The van der Waals surface area contributed by atoms with Crippen LogP contribution in [-0.2, 0) is 25.4 Å². The van der Waals surface area contributed by atoms with Gasteiger partial charge in [0.1, 0.15) is 5.56 Å². The molecule has 0 saturated carbocycles. The summed E-state index contributed by atoms with van der Waals surface area (Å²) in [5, 5.41) is 0.653. The summed E-state index contributed by atoms with van der Waals surface area (Å²) in [4.78, 5) is 29.4. The normalized spacial score (nSPS) is 13.5. The van der Waals surface area contributed by atoms with Crippen molar-refractivity contribution in [3.63, 3.8) is 0 Å². The summed E-state index contributed by atoms with van der Waals surface area (Å²) >= 11 is 1.58. The standard InChI is InChI=1S/C28H20F6N2O2S/c1-35(15-16-12-18(27(29,30)31)14-19(13-16)28(32,33)34)25(37)23-22(17-6-3-2-4-7-17)20-8-5-9-21-24(20)36(26(23)38)10-11-39-21/h2-9,12-14H,10-11,15H2,1H3. The number of aryl methyl sites for hydroxylation is 1. The van der Waals surface area contributed by atoms with Gasteiger partial charge in [-0.3, -0.25) is 9.59 Å². The minimum atomic E-state index is -5.02. The molecule has 202 valence electrons. The lowest BCUT2D eigenvalue weighted by molar-refractivity contribution is -0.143. The SMILES string of the molecule is CN(Cc1cc(C(F)(F)F)cc(C(F)(F)F)c1)C(=O)c1c(-c2ccccc2)c2cccc3c2n(c1=O)CCS3. The van der Waals surface area contributed by atoms with E-state index in [9.17, 15) is 35.9 Å². The van der Waals surface area contributed by atoms with E-state index in [2.05, 4.69) is 0 Å². The molecule has 0 unspecified atom stereocenters. The van der Waals surface area contributed by atoms with Gasteiger partial charge in [-0.1, -0.05) is 42.5 Å². The first-order valence-electron chi connectivity index (χ1n) is 11.8. The van der Waals surface area contributed by atoms with Gasteiger partial charge in [0, 0.05) is 41.7 Å². The van der Waals surface area contributed by atoms with Crippen molar-refractivity contribution in [2.24, 2.45) is 0 Å². The molecule has 2 heterocycles. The first kappa shape index (κ1) is 26.9. The Hall–Kier alpha value is -3.73. The van der Waals surface area contributed by atoms with Crippen LogP contribution in [0.2, 0.25) is 0 Å². The first-order valence-corrected chi connectivity index (χ1v) is 12.8. The first-order chi connectivity index (χ1) is 18.4. The molecule has 1 aliphatic rings. The fraction of sp³-hybridized carbons (Fsp3) is 0.214. The zero-order valence-electron chi connectivity index (χ0n) is 20.4. The molecular formula is C28H20F6N2O2S. The van der Waals surface area contributed by atoms with Crippen molar-refractivity contribution in [2.75, 3.05) is 12.8 Å². The van der Waals surface area contributed by atoms with Gasteiger partial charge >= 0.3 is 12.4 Å². The molecule has 4 nitrogen and oxygen atoms in total. The van der Waals surface area contributed by atoms with Gasteiger partial charge in [-0.2, -0.15) is 26.3 Å². The molecule has 5 rings (SSSR count). The summed E-state index contributed by atoms with van der Waals surface area (Å²) in [6.45, 7) is -0.230. The van der Waals surface area contributed by atoms with Crippen LogP contribution in [0.5, 0.6) is 0 Å². The number of nitrogens with zero attached hydrogens (tertiary/aromatic N) is 2. The zero-order chi connectivity index (χ0) is 28.1. The van der Waals surface area contributed by atoms with Crippen LogP contribution in [0.4, 0.5) is 26.3 Å². The highest BCUT2D eigenvalue weighted by Gasteiger charge is 2.37. The van der Waals surface area contributed by atoms with Crippen LogP contribution in [0.25, 0.3) is 22.0 Å². The molecule has 0 radical (unpaired) electrons. The summed E-state index contributed by atoms with van der Waals surface area (Å²) in [6, 6.07) is 15.4. The smallest absolute Gasteiger partial charge is 0.337 e. The van der Waals surface area contributed by atoms with E-state index in [1.807, 2.05) is 12.1 Å². The van der Waals surface area contributed by atoms with Gasteiger partial charge < -0.3 is 9.47 Å². The lowest BCUT2D eigenvalue weighted by atomic mass is 9.94. The molecule has 0 bridgehead atoms. The third kappa shape index (κ3) is 5.03. The van der Waals surface area contributed by atoms with Gasteiger partial charge in [-0.15, -0.1) is 11.8 Å². The molecule has 0 atom stereocenters. The number of aromatic nitrogens is 1. The second-order valence-electron chi connectivity index (χ2n) is 9.15. The number of thioether (sulfide) groups is 1. The third-order valence-electron chi connectivity index (χ3n) is 6.51. The largest absolute Gasteiger partial charge is 0.416 e. The van der Waals surface area contributed by atoms with Gasteiger partial charge in [-0.05, 0) is 35.4 Å². The number of carbonyl (C=O) groups excluding carboxylic acids is 1. The van der Waals surface area contributed by atoms with Gasteiger partial charge in [0.25, 0.3) is 11.5 Å². The molecule has 39 heavy (non-hydrogen) atoms. The van der Waals surface area contributed by atoms with E-state index in [-0.39, 0.29) is 17.2 Å². The average Bonchev–Trinajstić information content (AvgIpc) is 2.89. The van der Waals surface area contributed by atoms with Gasteiger partial charge in [0.05, 0.1) is 16.6 Å². The van der Waals surface area contributed by atoms with Crippen molar-refractivity contribution >= 4 is 28.6 Å². The number of alkyl halides is 6. The second kappa shape index (κ2) is 9.78. The number of hydrogen-bond acceptors (Lipinski definition) is 3. The molecule has 11 heteroatoms. The molecule has 1 amide bonds. The lowest BCUT2D eigenvalue weighted by Crippen LogP contribution is -2.36. The average molecular weight is 563 g/mol. The van der Waals surface area contributed by atoms with Crippen LogP contribution >= 0.6 is 11.8 Å². The molecule has 0 aliphatic carbocycles. The van der Waals surface area contributed by atoms with Crippen LogP contribution in [0.15, 0.2) is 76.4 Å². The predicted octanol–water partition coefficient (Wildman–Crippen LogP) is 7.08. The van der Waals surface area contributed by atoms with Crippen molar-refractivity contribution in [1.82, 2.24) is 9.47 Å². The van der Waals surface area contributed by atoms with Crippen molar-refractivity contribution in [3.8, 4) is 11.1 Å². The van der Waals surface area contributed by atoms with E-state index in [1.54, 1.807) is 48.2 Å². The number of pyridine rings is 1. The molecule has 1 aliphatic heterocycles. The molecule has 0 spiro atoms. The maximum Gasteiger partial charge on any atom is 0.416 e. The lowest BCUT2D eigenvalue weighted by Gasteiger charge is -2.25. The Morgan fingerprint density at radius 2 is 1.56 bits per heavy atom. The summed E-state index contributed by atoms with van der Waals surface area (Å²) < 4.78 is 81.7. The number of amides is 1. The minimum Gasteiger partial charge on any atom is -0.337 e. The maximum absolute atomic E-state index is 13.8. The Morgan fingerprint density at radius 3 is 2.18 bits per heavy atom. The Kier molecular flexibility index (Phi) is 6.74. The fourth-order valence-electron chi connectivity index (χ4n) is 4.81. The van der Waals surface area contributed by atoms with Crippen LogP contribution in [-0.4, -0.2) is 28.2 Å². The van der Waals surface area contributed by atoms with E-state index in [0.29, 0.717) is 46.5 Å². The number of halogens is 6. The quantitative estimate of drug-likeness (QED) is 0.250. The molecule has 0 N–H and O–H groups in total. The Bertz CT molecular complexity index is 1610. The van der Waals surface area contributed by atoms with Crippen LogP contribution < -0.4 is 5.56 Å². The van der Waals surface area contributed by atoms with Gasteiger partial charge in [0.2, 0.25) is 0 Å². The fourth-order valence-corrected chi connectivity index (χ4v) is 5.83. The highest BCUT2D eigenvalue weighted by molar-refractivity contribution is 7.99. The Balaban J connectivity index is 1.66. The molecular weight excluding hydrogens is 542 g/mol. The van der Waals surface area contributed by atoms with Crippen molar-refractivity contribution < 1.29 is 31.1 Å². The second-order valence-corrected chi connectivity index (χ2v) is 10.3. The van der Waals surface area contributed by atoms with Crippen molar-refractivity contribution in [1.29, 1.82) is 0 Å². The number of rotatable bonds is 4.